The third-order valence-electron chi connectivity index (χ3n) is 4.47. The molecule has 27 heavy (non-hydrogen) atoms. The number of phenols is 1. The molecule has 3 aromatic carbocycles. The Bertz CT molecular complexity index is 1090. The molecule has 0 spiro atoms. The molecular formula is C18H15NO8. The highest BCUT2D eigenvalue weighted by Gasteiger charge is 2.29. The molecule has 1 aliphatic heterocycles. The Kier molecular flexibility index (Phi) is 3.92. The first-order valence-electron chi connectivity index (χ1n) is 7.88. The number of hydrogen-bond donors (Lipinski definition) is 3. The molecule has 0 aliphatic carbocycles. The lowest BCUT2D eigenvalue weighted by molar-refractivity contribution is -0.990. The molecule has 4 rings (SSSR count). The van der Waals surface area contributed by atoms with Gasteiger partial charge in [0.15, 0.2) is 17.2 Å². The van der Waals surface area contributed by atoms with Crippen molar-refractivity contribution in [3.8, 4) is 23.0 Å². The number of carbonyl (C=O) groups is 1. The number of carbonyl (C=O) groups excluding carboxylic acids is 1. The molecule has 0 amide bonds. The highest BCUT2D eigenvalue weighted by atomic mass is 16.8. The van der Waals surface area contributed by atoms with Gasteiger partial charge < -0.3 is 29.3 Å². The summed E-state index contributed by atoms with van der Waals surface area (Å²) in [5.74, 6) is 0.0603. The van der Waals surface area contributed by atoms with Gasteiger partial charge in [-0.05, 0) is 12.1 Å². The zero-order chi connectivity index (χ0) is 19.3. The molecule has 9 nitrogen and oxygen atoms in total. The van der Waals surface area contributed by atoms with Crippen molar-refractivity contribution >= 4 is 33.2 Å². The van der Waals surface area contributed by atoms with Crippen LogP contribution in [0.5, 0.6) is 23.0 Å². The van der Waals surface area contributed by atoms with Crippen LogP contribution in [0.25, 0.3) is 21.5 Å². The molecule has 0 radical (unpaired) electrons. The average molecular weight is 373 g/mol. The van der Waals surface area contributed by atoms with Crippen LogP contribution in [-0.2, 0) is 4.74 Å². The van der Waals surface area contributed by atoms with Crippen LogP contribution in [0.1, 0.15) is 10.4 Å². The minimum absolute atomic E-state index is 0.0263. The topological polar surface area (TPSA) is 122 Å². The van der Waals surface area contributed by atoms with Gasteiger partial charge in [0.05, 0.1) is 25.2 Å². The van der Waals surface area contributed by atoms with Crippen molar-refractivity contribution in [1.82, 2.24) is 0 Å². The number of ether oxygens (including phenoxy) is 4. The fourth-order valence-corrected chi connectivity index (χ4v) is 3.37. The second kappa shape index (κ2) is 6.16. The molecule has 1 aliphatic rings. The Balaban J connectivity index is 2.31. The minimum atomic E-state index is -1.24. The van der Waals surface area contributed by atoms with Crippen molar-refractivity contribution in [1.29, 1.82) is 0 Å². The molecule has 0 bridgehead atoms. The average Bonchev–Trinajstić information content (AvgIpc) is 3.13. The second-order valence-corrected chi connectivity index (χ2v) is 5.87. The summed E-state index contributed by atoms with van der Waals surface area (Å²) < 4.78 is 21.1. The molecule has 0 saturated carbocycles. The number of fused-ring (bicyclic) bond motifs is 5. The summed E-state index contributed by atoms with van der Waals surface area (Å²) in [4.78, 5) is 12.3. The first-order chi connectivity index (χ1) is 13.0. The monoisotopic (exact) mass is 373 g/mol. The zero-order valence-corrected chi connectivity index (χ0v) is 14.4. The van der Waals surface area contributed by atoms with Crippen LogP contribution in [0.15, 0.2) is 24.3 Å². The van der Waals surface area contributed by atoms with E-state index >= 15 is 0 Å². The normalized spacial score (nSPS) is 13.8. The van der Waals surface area contributed by atoms with E-state index in [1.54, 1.807) is 0 Å². The van der Waals surface area contributed by atoms with Crippen molar-refractivity contribution in [3.05, 3.63) is 35.0 Å². The number of quaternary nitrogens is 1. The number of hydrogen-bond acceptors (Lipinski definition) is 8. The summed E-state index contributed by atoms with van der Waals surface area (Å²) in [6, 6.07) is 5.62. The van der Waals surface area contributed by atoms with Gasteiger partial charge in [-0.1, -0.05) is 0 Å². The maximum absolute atomic E-state index is 12.3. The SMILES string of the molecule is COC(=O)c1cc2c(c3c1c([NH+]([O-])O)cc1c(OC)cc(O)cc13)OCO2. The summed E-state index contributed by atoms with van der Waals surface area (Å²) in [5, 5.41) is 32.0. The summed E-state index contributed by atoms with van der Waals surface area (Å²) in [6.45, 7) is -0.0796. The molecule has 1 atom stereocenters. The van der Waals surface area contributed by atoms with Gasteiger partial charge in [0, 0.05) is 28.3 Å². The predicted octanol–water partition coefficient (Wildman–Crippen LogP) is 1.63. The van der Waals surface area contributed by atoms with E-state index in [1.165, 1.54) is 38.5 Å². The standard InChI is InChI=1S/C18H15NO8/c1-24-13-4-8(20)3-10-9(13)5-12(19(22)23)15-11(18(21)25-2)6-14-17(16(10)15)27-7-26-14/h3-6,19-20,22H,7H2,1-2H3. The van der Waals surface area contributed by atoms with E-state index in [0.29, 0.717) is 21.9 Å². The lowest BCUT2D eigenvalue weighted by Gasteiger charge is -2.19. The van der Waals surface area contributed by atoms with Gasteiger partial charge in [-0.3, -0.25) is 0 Å². The Morgan fingerprint density at radius 3 is 2.59 bits per heavy atom. The number of phenolic OH excluding ortho intramolecular Hbond substituents is 1. The number of benzene rings is 3. The van der Waals surface area contributed by atoms with E-state index in [1.807, 2.05) is 0 Å². The van der Waals surface area contributed by atoms with Crippen molar-refractivity contribution in [2.75, 3.05) is 21.0 Å². The highest BCUT2D eigenvalue weighted by Crippen LogP contribution is 2.48. The molecular weight excluding hydrogens is 358 g/mol. The van der Waals surface area contributed by atoms with Crippen molar-refractivity contribution in [2.45, 2.75) is 0 Å². The molecule has 140 valence electrons. The molecule has 1 unspecified atom stereocenters. The molecule has 1 heterocycles. The fraction of sp³-hybridized carbons (Fsp3) is 0.167. The predicted molar refractivity (Wildman–Crippen MR) is 92.9 cm³/mol. The van der Waals surface area contributed by atoms with Crippen LogP contribution < -0.4 is 19.4 Å². The lowest BCUT2D eigenvalue weighted by Crippen LogP contribution is -2.99. The Labute approximate surface area is 152 Å². The smallest absolute Gasteiger partial charge is 0.338 e. The van der Waals surface area contributed by atoms with Gasteiger partial charge in [-0.2, -0.15) is 5.23 Å². The Morgan fingerprint density at radius 1 is 1.15 bits per heavy atom. The minimum Gasteiger partial charge on any atom is -0.595 e. The molecule has 3 N–H and O–H groups in total. The summed E-state index contributed by atoms with van der Waals surface area (Å²) in [5.41, 5.74) is -0.0986. The van der Waals surface area contributed by atoms with Crippen LogP contribution in [0.2, 0.25) is 0 Å². The second-order valence-electron chi connectivity index (χ2n) is 5.87. The van der Waals surface area contributed by atoms with Crippen molar-refractivity contribution < 1.29 is 39.3 Å². The number of nitrogens with one attached hydrogen (secondary N) is 1. The largest absolute Gasteiger partial charge is 0.595 e. The molecule has 0 aromatic heterocycles. The van der Waals surface area contributed by atoms with Gasteiger partial charge in [0.2, 0.25) is 6.79 Å². The highest BCUT2D eigenvalue weighted by molar-refractivity contribution is 6.22. The number of methoxy groups -OCH3 is 2. The summed E-state index contributed by atoms with van der Waals surface area (Å²) >= 11 is 0. The number of rotatable bonds is 3. The molecule has 0 saturated heterocycles. The van der Waals surface area contributed by atoms with E-state index < -0.39 is 11.2 Å². The van der Waals surface area contributed by atoms with Crippen LogP contribution >= 0.6 is 0 Å². The summed E-state index contributed by atoms with van der Waals surface area (Å²) in [6.07, 6.45) is 0. The summed E-state index contributed by atoms with van der Waals surface area (Å²) in [7, 11) is 2.61. The fourth-order valence-electron chi connectivity index (χ4n) is 3.37. The third kappa shape index (κ3) is 2.48. The number of aromatic hydroxyl groups is 1. The van der Waals surface area contributed by atoms with Crippen LogP contribution in [0.3, 0.4) is 0 Å². The van der Waals surface area contributed by atoms with Gasteiger partial charge in [0.1, 0.15) is 11.5 Å². The van der Waals surface area contributed by atoms with Gasteiger partial charge in [-0.25, -0.2) is 10.0 Å². The van der Waals surface area contributed by atoms with Crippen molar-refractivity contribution in [3.63, 3.8) is 0 Å². The van der Waals surface area contributed by atoms with Crippen LogP contribution in [-0.4, -0.2) is 37.3 Å². The quantitative estimate of drug-likeness (QED) is 0.360. The Morgan fingerprint density at radius 2 is 1.93 bits per heavy atom. The zero-order valence-electron chi connectivity index (χ0n) is 14.4. The van der Waals surface area contributed by atoms with Gasteiger partial charge in [-0.15, -0.1) is 0 Å². The van der Waals surface area contributed by atoms with E-state index in [0.717, 1.165) is 0 Å². The van der Waals surface area contributed by atoms with E-state index in [9.17, 15) is 20.3 Å². The molecule has 3 aromatic rings. The van der Waals surface area contributed by atoms with Gasteiger partial charge in [0.25, 0.3) is 0 Å². The van der Waals surface area contributed by atoms with E-state index in [4.69, 9.17) is 18.9 Å². The molecule has 9 heteroatoms. The van der Waals surface area contributed by atoms with E-state index in [-0.39, 0.29) is 40.7 Å². The Hall–Kier alpha value is -3.27. The first kappa shape index (κ1) is 17.2. The molecule has 0 fully saturated rings. The number of esters is 1. The van der Waals surface area contributed by atoms with Gasteiger partial charge >= 0.3 is 5.97 Å². The maximum atomic E-state index is 12.3. The lowest BCUT2D eigenvalue weighted by atomic mass is 9.94. The van der Waals surface area contributed by atoms with Crippen molar-refractivity contribution in [2.24, 2.45) is 0 Å². The van der Waals surface area contributed by atoms with E-state index in [2.05, 4.69) is 0 Å². The van der Waals surface area contributed by atoms with Crippen LogP contribution in [0.4, 0.5) is 5.69 Å². The van der Waals surface area contributed by atoms with Crippen LogP contribution in [0, 0.1) is 5.21 Å². The maximum Gasteiger partial charge on any atom is 0.338 e. The first-order valence-corrected chi connectivity index (χ1v) is 7.88. The third-order valence-corrected chi connectivity index (χ3v) is 4.47.